The number of hydrogen-bond acceptors (Lipinski definition) is 4. The molecule has 1 aliphatic rings. The minimum Gasteiger partial charge on any atom is -0.368 e. The van der Waals surface area contributed by atoms with E-state index in [0.717, 1.165) is 25.8 Å². The second-order valence-electron chi connectivity index (χ2n) is 4.55. The third-order valence-electron chi connectivity index (χ3n) is 3.17. The first-order valence-corrected chi connectivity index (χ1v) is 8.87. The van der Waals surface area contributed by atoms with Crippen LogP contribution >= 0.6 is 15.2 Å². The van der Waals surface area contributed by atoms with Crippen LogP contribution in [0.15, 0.2) is 0 Å². The molecule has 1 aliphatic heterocycles. The highest BCUT2D eigenvalue weighted by molar-refractivity contribution is 7.72. The molecular weight excluding hydrogens is 284 g/mol. The standard InChI is InChI=1S/C8H19NO7P2/c10-8(17(11,12)13,18(14,15)16)5-4-7-3-1-2-6-9-7/h7,9-10H,1-6H2,(H2,11,12,13)(H2,14,15,16). The van der Waals surface area contributed by atoms with Crippen molar-refractivity contribution in [1.29, 1.82) is 0 Å². The van der Waals surface area contributed by atoms with Gasteiger partial charge in [-0.25, -0.2) is 0 Å². The van der Waals surface area contributed by atoms with E-state index in [9.17, 15) is 14.2 Å². The largest absolute Gasteiger partial charge is 0.369 e. The predicted molar refractivity (Wildman–Crippen MR) is 63.9 cm³/mol. The summed E-state index contributed by atoms with van der Waals surface area (Å²) in [6, 6.07) is -0.0802. The minimum atomic E-state index is -5.31. The van der Waals surface area contributed by atoms with Gasteiger partial charge in [-0.3, -0.25) is 9.13 Å². The normalized spacial score (nSPS) is 23.1. The van der Waals surface area contributed by atoms with Crippen molar-refractivity contribution in [2.75, 3.05) is 6.54 Å². The first-order chi connectivity index (χ1) is 8.08. The highest BCUT2D eigenvalue weighted by atomic mass is 31.2. The average Bonchev–Trinajstić information content (AvgIpc) is 2.24. The van der Waals surface area contributed by atoms with E-state index >= 15 is 0 Å². The summed E-state index contributed by atoms with van der Waals surface area (Å²) < 4.78 is 22.2. The Labute approximate surface area is 105 Å². The maximum atomic E-state index is 11.1. The number of rotatable bonds is 5. The summed E-state index contributed by atoms with van der Waals surface area (Å²) >= 11 is 0. The molecule has 18 heavy (non-hydrogen) atoms. The third kappa shape index (κ3) is 3.62. The van der Waals surface area contributed by atoms with Crippen molar-refractivity contribution in [3.05, 3.63) is 0 Å². The van der Waals surface area contributed by atoms with E-state index in [1.54, 1.807) is 0 Å². The molecule has 1 fully saturated rings. The van der Waals surface area contributed by atoms with Crippen LogP contribution in [0.5, 0.6) is 0 Å². The lowest BCUT2D eigenvalue weighted by Crippen LogP contribution is -2.37. The molecule has 0 radical (unpaired) electrons. The van der Waals surface area contributed by atoms with Gasteiger partial charge in [-0.2, -0.15) is 0 Å². The Kier molecular flexibility index (Phi) is 5.14. The van der Waals surface area contributed by atoms with Gasteiger partial charge in [0.2, 0.25) is 0 Å². The van der Waals surface area contributed by atoms with Crippen LogP contribution < -0.4 is 5.32 Å². The Morgan fingerprint density at radius 1 is 1.11 bits per heavy atom. The molecule has 0 aromatic carbocycles. The van der Waals surface area contributed by atoms with Gasteiger partial charge in [-0.05, 0) is 25.8 Å². The molecule has 0 bridgehead atoms. The molecule has 0 spiro atoms. The SMILES string of the molecule is O=P(O)(O)C(O)(CCC1CCCCN1)P(=O)(O)O. The van der Waals surface area contributed by atoms with Gasteiger partial charge in [0.15, 0.2) is 0 Å². The highest BCUT2D eigenvalue weighted by Crippen LogP contribution is 2.69. The van der Waals surface area contributed by atoms with E-state index in [0.29, 0.717) is 0 Å². The van der Waals surface area contributed by atoms with Crippen molar-refractivity contribution >= 4 is 15.2 Å². The maximum Gasteiger partial charge on any atom is 0.369 e. The summed E-state index contributed by atoms with van der Waals surface area (Å²) in [7, 11) is -10.6. The van der Waals surface area contributed by atoms with Crippen molar-refractivity contribution in [2.24, 2.45) is 0 Å². The van der Waals surface area contributed by atoms with Crippen LogP contribution in [0.25, 0.3) is 0 Å². The van der Waals surface area contributed by atoms with Gasteiger partial charge >= 0.3 is 15.2 Å². The number of nitrogens with one attached hydrogen (secondary N) is 1. The first kappa shape index (κ1) is 16.3. The first-order valence-electron chi connectivity index (χ1n) is 5.65. The molecule has 0 amide bonds. The molecule has 108 valence electrons. The smallest absolute Gasteiger partial charge is 0.368 e. The van der Waals surface area contributed by atoms with Gasteiger partial charge in [-0.1, -0.05) is 6.42 Å². The molecular formula is C8H19NO7P2. The van der Waals surface area contributed by atoms with Crippen LogP contribution in [-0.2, 0) is 9.13 Å². The quantitative estimate of drug-likeness (QED) is 0.386. The Morgan fingerprint density at radius 3 is 2.06 bits per heavy atom. The summed E-state index contributed by atoms with van der Waals surface area (Å²) in [6.07, 6.45) is 2.17. The highest BCUT2D eigenvalue weighted by Gasteiger charge is 2.58. The van der Waals surface area contributed by atoms with E-state index in [1.165, 1.54) is 0 Å². The summed E-state index contributed by atoms with van der Waals surface area (Å²) in [4.78, 5) is 35.8. The zero-order chi connectivity index (χ0) is 14.0. The number of piperidine rings is 1. The van der Waals surface area contributed by atoms with Gasteiger partial charge in [0.1, 0.15) is 0 Å². The van der Waals surface area contributed by atoms with Crippen molar-refractivity contribution < 1.29 is 33.8 Å². The van der Waals surface area contributed by atoms with Gasteiger partial charge in [0, 0.05) is 12.5 Å². The zero-order valence-corrected chi connectivity index (χ0v) is 11.6. The van der Waals surface area contributed by atoms with E-state index in [1.807, 2.05) is 0 Å². The van der Waals surface area contributed by atoms with Gasteiger partial charge in [0.25, 0.3) is 5.08 Å². The summed E-state index contributed by atoms with van der Waals surface area (Å²) in [5, 5.41) is 9.46. The van der Waals surface area contributed by atoms with Crippen LogP contribution in [0.3, 0.4) is 0 Å². The van der Waals surface area contributed by atoms with Crippen molar-refractivity contribution in [3.63, 3.8) is 0 Å². The van der Waals surface area contributed by atoms with E-state index < -0.39 is 26.7 Å². The molecule has 0 aromatic heterocycles. The summed E-state index contributed by atoms with van der Waals surface area (Å²) in [6.45, 7) is 0.759. The average molecular weight is 303 g/mol. The summed E-state index contributed by atoms with van der Waals surface area (Å²) in [5.41, 5.74) is 0. The van der Waals surface area contributed by atoms with E-state index in [4.69, 9.17) is 19.6 Å². The van der Waals surface area contributed by atoms with Crippen LogP contribution in [0.1, 0.15) is 32.1 Å². The Balaban J connectivity index is 2.74. The lowest BCUT2D eigenvalue weighted by Gasteiger charge is -2.31. The molecule has 0 aliphatic carbocycles. The molecule has 0 saturated carbocycles. The lowest BCUT2D eigenvalue weighted by atomic mass is 10.0. The van der Waals surface area contributed by atoms with Crippen LogP contribution in [-0.4, -0.2) is 42.3 Å². The second kappa shape index (κ2) is 5.69. The number of hydrogen-bond donors (Lipinski definition) is 6. The van der Waals surface area contributed by atoms with Crippen LogP contribution in [0, 0.1) is 0 Å². The lowest BCUT2D eigenvalue weighted by molar-refractivity contribution is 0.116. The Hall–Kier alpha value is 0.220. The van der Waals surface area contributed by atoms with E-state index in [-0.39, 0.29) is 12.5 Å². The topological polar surface area (TPSA) is 147 Å². The monoisotopic (exact) mass is 303 g/mol. The molecule has 1 atom stereocenters. The molecule has 0 aromatic rings. The van der Waals surface area contributed by atoms with Crippen molar-refractivity contribution in [3.8, 4) is 0 Å². The van der Waals surface area contributed by atoms with Gasteiger partial charge < -0.3 is 30.0 Å². The van der Waals surface area contributed by atoms with Crippen molar-refractivity contribution in [2.45, 2.75) is 43.2 Å². The predicted octanol–water partition coefficient (Wildman–Crippen LogP) is -0.0898. The minimum absolute atomic E-state index is 0.0802. The Bertz CT molecular complexity index is 348. The molecule has 10 heteroatoms. The molecule has 1 unspecified atom stereocenters. The fourth-order valence-electron chi connectivity index (χ4n) is 2.00. The molecule has 1 heterocycles. The Morgan fingerprint density at radius 2 is 1.67 bits per heavy atom. The van der Waals surface area contributed by atoms with E-state index in [2.05, 4.69) is 5.32 Å². The molecule has 6 N–H and O–H groups in total. The maximum absolute atomic E-state index is 11.1. The van der Waals surface area contributed by atoms with Crippen LogP contribution in [0.4, 0.5) is 0 Å². The zero-order valence-electron chi connectivity index (χ0n) is 9.77. The number of aliphatic hydroxyl groups is 1. The van der Waals surface area contributed by atoms with Crippen molar-refractivity contribution in [1.82, 2.24) is 5.32 Å². The fraction of sp³-hybridized carbons (Fsp3) is 1.00. The molecule has 1 saturated heterocycles. The summed E-state index contributed by atoms with van der Waals surface area (Å²) in [5.74, 6) is 0. The van der Waals surface area contributed by atoms with Gasteiger partial charge in [-0.15, -0.1) is 0 Å². The third-order valence-corrected chi connectivity index (χ3v) is 7.05. The molecule has 8 nitrogen and oxygen atoms in total. The second-order valence-corrected chi connectivity index (χ2v) is 8.56. The van der Waals surface area contributed by atoms with Gasteiger partial charge in [0.05, 0.1) is 0 Å². The molecule has 1 rings (SSSR count). The fourth-order valence-corrected chi connectivity index (χ4v) is 4.20. The van der Waals surface area contributed by atoms with Crippen LogP contribution in [0.2, 0.25) is 0 Å².